The summed E-state index contributed by atoms with van der Waals surface area (Å²) < 4.78 is 0. The smallest absolute Gasteiger partial charge is 0.0784 e. The molecule has 1 rings (SSSR count). The topological polar surface area (TPSA) is 3.24 Å². The fourth-order valence-corrected chi connectivity index (χ4v) is 2.51. The molecular formula is C10H19NS. The van der Waals surface area contributed by atoms with Gasteiger partial charge in [-0.3, -0.25) is 0 Å². The van der Waals surface area contributed by atoms with Crippen molar-refractivity contribution >= 4 is 17.2 Å². The van der Waals surface area contributed by atoms with E-state index in [1.165, 1.54) is 11.4 Å². The molecule has 12 heavy (non-hydrogen) atoms. The van der Waals surface area contributed by atoms with Gasteiger partial charge in [-0.2, -0.15) is 0 Å². The minimum absolute atomic E-state index is 0.576. The predicted octanol–water partition coefficient (Wildman–Crippen LogP) is 2.84. The summed E-state index contributed by atoms with van der Waals surface area (Å²) in [5.41, 5.74) is 0. The van der Waals surface area contributed by atoms with Crippen LogP contribution in [-0.2, 0) is 0 Å². The maximum absolute atomic E-state index is 5.34. The van der Waals surface area contributed by atoms with Crippen LogP contribution in [0.1, 0.15) is 40.5 Å². The summed E-state index contributed by atoms with van der Waals surface area (Å²) in [7, 11) is 0. The van der Waals surface area contributed by atoms with E-state index >= 15 is 0 Å². The van der Waals surface area contributed by atoms with E-state index in [4.69, 9.17) is 12.2 Å². The zero-order chi connectivity index (χ0) is 9.30. The second kappa shape index (κ2) is 3.73. The van der Waals surface area contributed by atoms with E-state index in [1.54, 1.807) is 0 Å². The third-order valence-corrected chi connectivity index (χ3v) is 3.04. The van der Waals surface area contributed by atoms with Crippen molar-refractivity contribution in [2.24, 2.45) is 5.92 Å². The quantitative estimate of drug-likeness (QED) is 0.609. The summed E-state index contributed by atoms with van der Waals surface area (Å²) in [4.78, 5) is 3.59. The van der Waals surface area contributed by atoms with Gasteiger partial charge in [0.25, 0.3) is 0 Å². The first kappa shape index (κ1) is 9.97. The van der Waals surface area contributed by atoms with Crippen LogP contribution >= 0.6 is 12.2 Å². The van der Waals surface area contributed by atoms with E-state index in [0.717, 1.165) is 12.3 Å². The standard InChI is InChI=1S/C10H19NS/c1-7(2)9-5-6-10(12)11(9)8(3)4/h7-9H,5-6H2,1-4H3/t9-/m1/s1. The lowest BCUT2D eigenvalue weighted by Gasteiger charge is -2.32. The first-order chi connectivity index (χ1) is 5.54. The second-order valence-electron chi connectivity index (χ2n) is 4.24. The lowest BCUT2D eigenvalue weighted by molar-refractivity contribution is 0.232. The first-order valence-corrected chi connectivity index (χ1v) is 5.26. The maximum atomic E-state index is 5.34. The molecule has 0 unspecified atom stereocenters. The Balaban J connectivity index is 2.70. The normalized spacial score (nSPS) is 24.7. The molecule has 0 spiro atoms. The van der Waals surface area contributed by atoms with Gasteiger partial charge in [-0.05, 0) is 32.6 Å². The molecule has 1 aliphatic rings. The van der Waals surface area contributed by atoms with Crippen molar-refractivity contribution in [2.45, 2.75) is 52.6 Å². The molecule has 1 nitrogen and oxygen atoms in total. The average Bonchev–Trinajstić information content (AvgIpc) is 2.30. The fourth-order valence-electron chi connectivity index (χ4n) is 2.05. The Morgan fingerprint density at radius 3 is 2.25 bits per heavy atom. The Labute approximate surface area is 81.1 Å². The second-order valence-corrected chi connectivity index (χ2v) is 4.72. The summed E-state index contributed by atoms with van der Waals surface area (Å²) >= 11 is 5.34. The number of thiocarbonyl (C=S) groups is 1. The molecule has 1 atom stereocenters. The van der Waals surface area contributed by atoms with Gasteiger partial charge in [-0.1, -0.05) is 26.1 Å². The lowest BCUT2D eigenvalue weighted by atomic mass is 10.0. The largest absolute Gasteiger partial charge is 0.360 e. The Bertz CT molecular complexity index is 175. The van der Waals surface area contributed by atoms with Crippen molar-refractivity contribution in [1.82, 2.24) is 4.90 Å². The zero-order valence-electron chi connectivity index (χ0n) is 8.50. The van der Waals surface area contributed by atoms with Crippen LogP contribution in [0.4, 0.5) is 0 Å². The molecule has 70 valence electrons. The van der Waals surface area contributed by atoms with Crippen molar-refractivity contribution in [3.63, 3.8) is 0 Å². The van der Waals surface area contributed by atoms with Crippen LogP contribution < -0.4 is 0 Å². The van der Waals surface area contributed by atoms with E-state index < -0.39 is 0 Å². The molecule has 0 aliphatic carbocycles. The van der Waals surface area contributed by atoms with Gasteiger partial charge in [0.15, 0.2) is 0 Å². The molecular weight excluding hydrogens is 166 g/mol. The highest BCUT2D eigenvalue weighted by Gasteiger charge is 2.31. The van der Waals surface area contributed by atoms with E-state index in [2.05, 4.69) is 32.6 Å². The molecule has 0 saturated carbocycles. The molecule has 1 aliphatic heterocycles. The molecule has 0 bridgehead atoms. The Hall–Kier alpha value is -0.110. The van der Waals surface area contributed by atoms with Gasteiger partial charge in [0, 0.05) is 12.1 Å². The maximum Gasteiger partial charge on any atom is 0.0784 e. The Morgan fingerprint density at radius 1 is 1.33 bits per heavy atom. The van der Waals surface area contributed by atoms with Crippen molar-refractivity contribution < 1.29 is 0 Å². The van der Waals surface area contributed by atoms with Gasteiger partial charge in [-0.25, -0.2) is 0 Å². The van der Waals surface area contributed by atoms with Crippen LogP contribution in [-0.4, -0.2) is 22.0 Å². The summed E-state index contributed by atoms with van der Waals surface area (Å²) in [6, 6.07) is 1.27. The first-order valence-electron chi connectivity index (χ1n) is 4.85. The highest BCUT2D eigenvalue weighted by atomic mass is 32.1. The van der Waals surface area contributed by atoms with Gasteiger partial charge in [0.1, 0.15) is 0 Å². The van der Waals surface area contributed by atoms with Crippen LogP contribution in [0.2, 0.25) is 0 Å². The summed E-state index contributed by atoms with van der Waals surface area (Å²) in [6.45, 7) is 9.03. The summed E-state index contributed by atoms with van der Waals surface area (Å²) in [5.74, 6) is 0.729. The van der Waals surface area contributed by atoms with Gasteiger partial charge in [0.2, 0.25) is 0 Å². The molecule has 0 aromatic heterocycles. The number of rotatable bonds is 2. The molecule has 0 radical (unpaired) electrons. The summed E-state index contributed by atoms with van der Waals surface area (Å²) in [5, 5.41) is 0. The van der Waals surface area contributed by atoms with Crippen molar-refractivity contribution in [1.29, 1.82) is 0 Å². The van der Waals surface area contributed by atoms with Gasteiger partial charge >= 0.3 is 0 Å². The Kier molecular flexibility index (Phi) is 3.10. The summed E-state index contributed by atoms with van der Waals surface area (Å²) in [6.07, 6.45) is 2.38. The molecule has 1 saturated heterocycles. The molecule has 0 amide bonds. The number of nitrogens with zero attached hydrogens (tertiary/aromatic N) is 1. The van der Waals surface area contributed by atoms with Crippen LogP contribution in [0, 0.1) is 5.92 Å². The van der Waals surface area contributed by atoms with E-state index in [-0.39, 0.29) is 0 Å². The van der Waals surface area contributed by atoms with E-state index in [0.29, 0.717) is 12.1 Å². The van der Waals surface area contributed by atoms with Gasteiger partial charge < -0.3 is 4.90 Å². The molecule has 0 N–H and O–H groups in total. The number of hydrogen-bond acceptors (Lipinski definition) is 1. The SMILES string of the molecule is CC(C)[C@H]1CCC(=S)N1C(C)C. The van der Waals surface area contributed by atoms with Crippen LogP contribution in [0.5, 0.6) is 0 Å². The van der Waals surface area contributed by atoms with Gasteiger partial charge in [0.05, 0.1) is 4.99 Å². The minimum Gasteiger partial charge on any atom is -0.360 e. The fraction of sp³-hybridized carbons (Fsp3) is 0.900. The van der Waals surface area contributed by atoms with Crippen molar-refractivity contribution in [3.8, 4) is 0 Å². The zero-order valence-corrected chi connectivity index (χ0v) is 9.32. The lowest BCUT2D eigenvalue weighted by Crippen LogP contribution is -2.40. The molecule has 0 aromatic rings. The van der Waals surface area contributed by atoms with E-state index in [9.17, 15) is 0 Å². The Morgan fingerprint density at radius 2 is 1.92 bits per heavy atom. The number of likely N-dealkylation sites (tertiary alicyclic amines) is 1. The third kappa shape index (κ3) is 1.79. The molecule has 0 aromatic carbocycles. The predicted molar refractivity (Wildman–Crippen MR) is 57.4 cm³/mol. The van der Waals surface area contributed by atoms with Crippen LogP contribution in [0.3, 0.4) is 0 Å². The van der Waals surface area contributed by atoms with Crippen molar-refractivity contribution in [3.05, 3.63) is 0 Å². The molecule has 2 heteroatoms. The molecule has 1 heterocycles. The van der Waals surface area contributed by atoms with Crippen LogP contribution in [0.25, 0.3) is 0 Å². The van der Waals surface area contributed by atoms with Crippen molar-refractivity contribution in [2.75, 3.05) is 0 Å². The third-order valence-electron chi connectivity index (χ3n) is 2.63. The minimum atomic E-state index is 0.576. The monoisotopic (exact) mass is 185 g/mol. The number of hydrogen-bond donors (Lipinski definition) is 0. The highest BCUT2D eigenvalue weighted by Crippen LogP contribution is 2.27. The van der Waals surface area contributed by atoms with Crippen LogP contribution in [0.15, 0.2) is 0 Å². The molecule has 1 fully saturated rings. The van der Waals surface area contributed by atoms with E-state index in [1.807, 2.05) is 0 Å². The highest BCUT2D eigenvalue weighted by molar-refractivity contribution is 7.80. The van der Waals surface area contributed by atoms with Gasteiger partial charge in [-0.15, -0.1) is 0 Å². The average molecular weight is 185 g/mol.